The molecule has 64 heavy (non-hydrogen) atoms. The van der Waals surface area contributed by atoms with Crippen LogP contribution in [0.3, 0.4) is 0 Å². The van der Waals surface area contributed by atoms with Gasteiger partial charge in [-0.15, -0.1) is 0 Å². The standard InChI is InChI=1S/C40H64N10O14/c1-4-21(2)32(39(62)44-25(8-5-6-14-41)34(57)43-22(3)33(56)48-29(20-53)40(63)64)49-37(60)28(19-52)46-35(58)26(16-23-10-12-24(54)13-11-23)45-36(59)27(18-51)47-38(61)30-9-7-15-50(30)31(55)17-42/h10-13,21-22,25-30,32,51-54H,4-9,14-20,41-42H2,1-3H3,(H,43,57)(H,44,62)(H,45,59)(H,46,58)(H,47,61)(H,48,56)(H,49,60)(H,63,64)/t21-,22-,25-,26-,27-,28-,29-,30-,32-/m0/s1. The number of phenolic OH excluding ortho intramolecular Hbond substituents is 1. The van der Waals surface area contributed by atoms with Gasteiger partial charge in [0, 0.05) is 13.0 Å². The molecule has 1 saturated heterocycles. The number of unbranched alkanes of at least 4 members (excludes halogenated alkanes) is 1. The highest BCUT2D eigenvalue weighted by molar-refractivity contribution is 5.98. The van der Waals surface area contributed by atoms with Crippen LogP contribution in [0.2, 0.25) is 0 Å². The normalized spacial score (nSPS) is 17.2. The van der Waals surface area contributed by atoms with E-state index in [-0.39, 0.29) is 44.6 Å². The minimum atomic E-state index is -1.72. The van der Waals surface area contributed by atoms with E-state index in [0.29, 0.717) is 31.2 Å². The largest absolute Gasteiger partial charge is 0.508 e. The number of hydrogen-bond acceptors (Lipinski definition) is 15. The Labute approximate surface area is 370 Å². The fourth-order valence-corrected chi connectivity index (χ4v) is 6.57. The summed E-state index contributed by atoms with van der Waals surface area (Å²) in [5.74, 6) is -9.09. The van der Waals surface area contributed by atoms with Crippen molar-refractivity contribution in [2.45, 2.75) is 114 Å². The summed E-state index contributed by atoms with van der Waals surface area (Å²) in [5.41, 5.74) is 11.5. The first-order valence-electron chi connectivity index (χ1n) is 21.0. The summed E-state index contributed by atoms with van der Waals surface area (Å²) in [6, 6.07) is -5.80. The van der Waals surface area contributed by atoms with Gasteiger partial charge in [-0.2, -0.15) is 0 Å². The van der Waals surface area contributed by atoms with E-state index in [1.165, 1.54) is 36.1 Å². The van der Waals surface area contributed by atoms with Crippen molar-refractivity contribution in [1.82, 2.24) is 42.1 Å². The van der Waals surface area contributed by atoms with Crippen LogP contribution in [0, 0.1) is 5.92 Å². The van der Waals surface area contributed by atoms with Gasteiger partial charge in [-0.1, -0.05) is 32.4 Å². The zero-order chi connectivity index (χ0) is 48.1. The Hall–Kier alpha value is -5.95. The van der Waals surface area contributed by atoms with Gasteiger partial charge in [-0.05, 0) is 69.2 Å². The summed E-state index contributed by atoms with van der Waals surface area (Å²) in [6.45, 7) is 1.96. The van der Waals surface area contributed by atoms with Crippen LogP contribution in [-0.4, -0.2) is 171 Å². The Kier molecular flexibility index (Phi) is 23.1. The van der Waals surface area contributed by atoms with E-state index in [4.69, 9.17) is 16.6 Å². The van der Waals surface area contributed by atoms with Crippen molar-refractivity contribution in [2.75, 3.05) is 39.5 Å². The predicted octanol–water partition coefficient (Wildman–Crippen LogP) is -5.47. The lowest BCUT2D eigenvalue weighted by Gasteiger charge is -2.29. The molecule has 0 radical (unpaired) electrons. The van der Waals surface area contributed by atoms with Gasteiger partial charge in [0.25, 0.3) is 0 Å². The predicted molar refractivity (Wildman–Crippen MR) is 226 cm³/mol. The molecule has 0 bridgehead atoms. The number of amides is 8. The van der Waals surface area contributed by atoms with Crippen molar-refractivity contribution >= 4 is 53.2 Å². The highest BCUT2D eigenvalue weighted by Crippen LogP contribution is 2.18. The molecule has 0 aromatic heterocycles. The number of benzene rings is 1. The van der Waals surface area contributed by atoms with Crippen molar-refractivity contribution in [1.29, 1.82) is 0 Å². The zero-order valence-electron chi connectivity index (χ0n) is 36.2. The second-order valence-corrected chi connectivity index (χ2v) is 15.4. The number of nitrogens with zero attached hydrogens (tertiary/aromatic N) is 1. The smallest absolute Gasteiger partial charge is 0.328 e. The Bertz CT molecular complexity index is 1770. The number of carboxylic acid groups (broad SMARTS) is 1. The van der Waals surface area contributed by atoms with Gasteiger partial charge < -0.3 is 79.1 Å². The van der Waals surface area contributed by atoms with Crippen LogP contribution in [0.5, 0.6) is 5.75 Å². The molecule has 1 aromatic carbocycles. The number of aliphatic hydroxyl groups is 3. The van der Waals surface area contributed by atoms with Gasteiger partial charge in [0.15, 0.2) is 0 Å². The Morgan fingerprint density at radius 3 is 1.78 bits per heavy atom. The van der Waals surface area contributed by atoms with Crippen molar-refractivity contribution < 1.29 is 68.7 Å². The second-order valence-electron chi connectivity index (χ2n) is 15.4. The number of hydrogen-bond donors (Lipinski definition) is 14. The average molecular weight is 909 g/mol. The summed E-state index contributed by atoms with van der Waals surface area (Å²) in [5, 5.41) is 65.3. The van der Waals surface area contributed by atoms with Gasteiger partial charge in [0.1, 0.15) is 54.1 Å². The van der Waals surface area contributed by atoms with E-state index in [2.05, 4.69) is 37.2 Å². The summed E-state index contributed by atoms with van der Waals surface area (Å²) in [6.07, 6.45) is 1.68. The molecule has 24 nitrogen and oxygen atoms in total. The van der Waals surface area contributed by atoms with E-state index in [0.717, 1.165) is 0 Å². The Morgan fingerprint density at radius 1 is 0.688 bits per heavy atom. The summed E-state index contributed by atoms with van der Waals surface area (Å²) in [4.78, 5) is 119. The summed E-state index contributed by atoms with van der Waals surface area (Å²) in [7, 11) is 0. The Morgan fingerprint density at radius 2 is 1.22 bits per heavy atom. The van der Waals surface area contributed by atoms with Crippen molar-refractivity contribution in [3.05, 3.63) is 29.8 Å². The number of carbonyl (C=O) groups is 9. The second kappa shape index (κ2) is 27.3. The number of aliphatic hydroxyl groups excluding tert-OH is 3. The lowest BCUT2D eigenvalue weighted by atomic mass is 9.97. The number of aliphatic carboxylic acids is 1. The number of carbonyl (C=O) groups excluding carboxylic acids is 8. The van der Waals surface area contributed by atoms with Crippen molar-refractivity contribution in [3.63, 3.8) is 0 Å². The molecular formula is C40H64N10O14. The lowest BCUT2D eigenvalue weighted by molar-refractivity contribution is -0.143. The fraction of sp³-hybridized carbons (Fsp3) is 0.625. The van der Waals surface area contributed by atoms with Crippen LogP contribution < -0.4 is 48.7 Å². The van der Waals surface area contributed by atoms with Gasteiger partial charge in [-0.25, -0.2) is 4.79 Å². The first-order chi connectivity index (χ1) is 30.3. The van der Waals surface area contributed by atoms with E-state index < -0.39 is 127 Å². The molecule has 1 fully saturated rings. The maximum atomic E-state index is 13.8. The van der Waals surface area contributed by atoms with Crippen LogP contribution in [0.1, 0.15) is 64.9 Å². The molecule has 1 aliphatic rings. The molecular weight excluding hydrogens is 844 g/mol. The number of carboxylic acids is 1. The van der Waals surface area contributed by atoms with Crippen LogP contribution >= 0.6 is 0 Å². The number of nitrogens with two attached hydrogens (primary N) is 2. The average Bonchev–Trinajstić information content (AvgIpc) is 3.78. The third kappa shape index (κ3) is 16.6. The van der Waals surface area contributed by atoms with Gasteiger partial charge in [0.05, 0.1) is 26.4 Å². The lowest BCUT2D eigenvalue weighted by Crippen LogP contribution is -2.62. The van der Waals surface area contributed by atoms with Crippen molar-refractivity contribution in [2.24, 2.45) is 17.4 Å². The van der Waals surface area contributed by atoms with E-state index in [1.807, 2.05) is 0 Å². The fourth-order valence-electron chi connectivity index (χ4n) is 6.57. The monoisotopic (exact) mass is 908 g/mol. The number of likely N-dealkylation sites (tertiary alicyclic amines) is 1. The maximum Gasteiger partial charge on any atom is 0.328 e. The zero-order valence-corrected chi connectivity index (χ0v) is 36.2. The summed E-state index contributed by atoms with van der Waals surface area (Å²) >= 11 is 0. The maximum absolute atomic E-state index is 13.8. The highest BCUT2D eigenvalue weighted by atomic mass is 16.4. The first kappa shape index (κ1) is 54.2. The quantitative estimate of drug-likeness (QED) is 0.0366. The third-order valence-electron chi connectivity index (χ3n) is 10.6. The van der Waals surface area contributed by atoms with Gasteiger partial charge in [0.2, 0.25) is 47.3 Å². The molecule has 0 saturated carbocycles. The molecule has 0 spiro atoms. The molecule has 1 aliphatic heterocycles. The van der Waals surface area contributed by atoms with E-state index >= 15 is 0 Å². The minimum absolute atomic E-state index is 0.0376. The van der Waals surface area contributed by atoms with Crippen LogP contribution in [-0.2, 0) is 49.6 Å². The van der Waals surface area contributed by atoms with Crippen LogP contribution in [0.4, 0.5) is 0 Å². The number of nitrogens with one attached hydrogen (secondary N) is 7. The molecule has 358 valence electrons. The number of rotatable bonds is 27. The molecule has 0 aliphatic carbocycles. The molecule has 1 heterocycles. The van der Waals surface area contributed by atoms with Crippen LogP contribution in [0.15, 0.2) is 24.3 Å². The van der Waals surface area contributed by atoms with Gasteiger partial charge >= 0.3 is 5.97 Å². The summed E-state index contributed by atoms with van der Waals surface area (Å²) < 4.78 is 0. The molecule has 0 unspecified atom stereocenters. The van der Waals surface area contributed by atoms with E-state index in [1.54, 1.807) is 13.8 Å². The molecule has 1 aromatic rings. The molecule has 24 heteroatoms. The molecule has 8 amide bonds. The van der Waals surface area contributed by atoms with Crippen molar-refractivity contribution in [3.8, 4) is 5.75 Å². The number of phenols is 1. The molecule has 16 N–H and O–H groups in total. The first-order valence-corrected chi connectivity index (χ1v) is 21.0. The third-order valence-corrected chi connectivity index (χ3v) is 10.6. The number of aromatic hydroxyl groups is 1. The molecule has 9 atom stereocenters. The molecule has 2 rings (SSSR count). The Balaban J connectivity index is 2.29. The topological polar surface area (TPSA) is 394 Å². The minimum Gasteiger partial charge on any atom is -0.508 e. The van der Waals surface area contributed by atoms with Crippen LogP contribution in [0.25, 0.3) is 0 Å². The highest BCUT2D eigenvalue weighted by Gasteiger charge is 2.37. The van der Waals surface area contributed by atoms with E-state index in [9.17, 15) is 63.6 Å². The van der Waals surface area contributed by atoms with Gasteiger partial charge in [-0.3, -0.25) is 38.4 Å². The SMILES string of the molecule is CC[C@H](C)[C@H](NC(=O)[C@H](CO)NC(=O)[C@H](Cc1ccc(O)cc1)NC(=O)[C@H](CO)NC(=O)[C@@H]1CCCN1C(=O)CN)C(=O)N[C@@H](CCCCN)C(=O)N[C@@H](C)C(=O)N[C@@H](CO)C(=O)O.